The fourth-order valence-electron chi connectivity index (χ4n) is 1.49. The van der Waals surface area contributed by atoms with E-state index in [0.29, 0.717) is 12.2 Å². The Morgan fingerprint density at radius 2 is 2.29 bits per heavy atom. The number of hydrogen-bond acceptors (Lipinski definition) is 5. The van der Waals surface area contributed by atoms with Crippen LogP contribution in [-0.4, -0.2) is 35.5 Å². The average molecular weight is 255 g/mol. The molecule has 0 bridgehead atoms. The number of aromatic nitrogens is 1. The number of amidine groups is 1. The Morgan fingerprint density at radius 3 is 2.88 bits per heavy atom. The van der Waals surface area contributed by atoms with Crippen LogP contribution in [0, 0.1) is 13.8 Å². The predicted molar refractivity (Wildman–Crippen MR) is 68.8 cm³/mol. The molecule has 1 aromatic heterocycles. The van der Waals surface area contributed by atoms with Crippen LogP contribution in [0.2, 0.25) is 0 Å². The molecule has 6 heteroatoms. The van der Waals surface area contributed by atoms with Crippen molar-refractivity contribution in [3.05, 3.63) is 22.9 Å². The zero-order valence-corrected chi connectivity index (χ0v) is 11.0. The fraction of sp³-hybridized carbons (Fsp3) is 0.455. The van der Waals surface area contributed by atoms with Crippen molar-refractivity contribution in [1.82, 2.24) is 4.98 Å². The predicted octanol–water partition coefficient (Wildman–Crippen LogP) is 1.53. The molecule has 0 aliphatic rings. The Bertz CT molecular complexity index is 421. The molecule has 0 amide bonds. The summed E-state index contributed by atoms with van der Waals surface area (Å²) in [7, 11) is 1.65. The van der Waals surface area contributed by atoms with Crippen molar-refractivity contribution >= 4 is 17.6 Å². The zero-order chi connectivity index (χ0) is 12.8. The molecular formula is C11H17N3O2S. The summed E-state index contributed by atoms with van der Waals surface area (Å²) in [6, 6.07) is 1.91. The Balaban J connectivity index is 3.07. The number of nitrogens with zero attached hydrogens (tertiary/aromatic N) is 2. The van der Waals surface area contributed by atoms with E-state index in [1.54, 1.807) is 7.11 Å². The number of thioether (sulfide) groups is 1. The lowest BCUT2D eigenvalue weighted by Crippen LogP contribution is -2.17. The molecule has 1 rings (SSSR count). The van der Waals surface area contributed by atoms with Gasteiger partial charge in [-0.05, 0) is 25.5 Å². The van der Waals surface area contributed by atoms with Gasteiger partial charge in [-0.25, -0.2) is 4.98 Å². The lowest BCUT2D eigenvalue weighted by molar-refractivity contribution is 0.218. The molecule has 0 unspecified atom stereocenters. The number of nitrogens with two attached hydrogens (primary N) is 1. The summed E-state index contributed by atoms with van der Waals surface area (Å²) in [5, 5.41) is 12.6. The first-order chi connectivity index (χ1) is 8.10. The molecule has 0 atom stereocenters. The van der Waals surface area contributed by atoms with Crippen molar-refractivity contribution in [1.29, 1.82) is 0 Å². The van der Waals surface area contributed by atoms with Crippen LogP contribution in [0.5, 0.6) is 0 Å². The standard InChI is InChI=1S/C11H17N3O2S/c1-7-6-8(2)13-11(17-5-4-16-3)9(7)10(12)14-15/h6,15H,4-5H2,1-3H3,(H2,12,14). The van der Waals surface area contributed by atoms with Crippen molar-refractivity contribution in [2.75, 3.05) is 19.5 Å². The van der Waals surface area contributed by atoms with E-state index in [0.717, 1.165) is 22.0 Å². The van der Waals surface area contributed by atoms with Gasteiger partial charge >= 0.3 is 0 Å². The van der Waals surface area contributed by atoms with Crippen LogP contribution >= 0.6 is 11.8 Å². The van der Waals surface area contributed by atoms with Gasteiger partial charge in [-0.15, -0.1) is 11.8 Å². The second-order valence-corrected chi connectivity index (χ2v) is 4.67. The molecular weight excluding hydrogens is 238 g/mol. The van der Waals surface area contributed by atoms with E-state index in [4.69, 9.17) is 15.7 Å². The summed E-state index contributed by atoms with van der Waals surface area (Å²) in [4.78, 5) is 4.41. The van der Waals surface area contributed by atoms with Crippen molar-refractivity contribution in [2.24, 2.45) is 10.9 Å². The third-order valence-corrected chi connectivity index (χ3v) is 3.14. The number of pyridine rings is 1. The molecule has 0 radical (unpaired) electrons. The summed E-state index contributed by atoms with van der Waals surface area (Å²) in [5.74, 6) is 0.868. The van der Waals surface area contributed by atoms with Gasteiger partial charge < -0.3 is 15.7 Å². The third-order valence-electron chi connectivity index (χ3n) is 2.20. The van der Waals surface area contributed by atoms with Gasteiger partial charge in [0.05, 0.1) is 12.2 Å². The molecule has 94 valence electrons. The first-order valence-corrected chi connectivity index (χ1v) is 6.16. The number of ether oxygens (including phenoxy) is 1. The third kappa shape index (κ3) is 3.61. The minimum Gasteiger partial charge on any atom is -0.409 e. The van der Waals surface area contributed by atoms with Crippen LogP contribution in [0.25, 0.3) is 0 Å². The van der Waals surface area contributed by atoms with E-state index >= 15 is 0 Å². The van der Waals surface area contributed by atoms with Gasteiger partial charge in [0.15, 0.2) is 5.84 Å². The van der Waals surface area contributed by atoms with E-state index in [9.17, 15) is 0 Å². The zero-order valence-electron chi connectivity index (χ0n) is 10.2. The summed E-state index contributed by atoms with van der Waals surface area (Å²) >= 11 is 1.54. The molecule has 0 saturated carbocycles. The molecule has 5 nitrogen and oxygen atoms in total. The average Bonchev–Trinajstić information content (AvgIpc) is 2.28. The van der Waals surface area contributed by atoms with Crippen LogP contribution in [0.3, 0.4) is 0 Å². The minimum atomic E-state index is 0.0925. The van der Waals surface area contributed by atoms with Crippen LogP contribution in [-0.2, 0) is 4.74 Å². The van der Waals surface area contributed by atoms with E-state index < -0.39 is 0 Å². The summed E-state index contributed by atoms with van der Waals surface area (Å²) in [6.07, 6.45) is 0. The maximum atomic E-state index is 8.78. The van der Waals surface area contributed by atoms with Crippen LogP contribution in [0.15, 0.2) is 16.2 Å². The molecule has 1 aromatic rings. The molecule has 0 saturated heterocycles. The molecule has 3 N–H and O–H groups in total. The molecule has 0 fully saturated rings. The Hall–Kier alpha value is -1.27. The van der Waals surface area contributed by atoms with Gasteiger partial charge in [-0.1, -0.05) is 5.16 Å². The monoisotopic (exact) mass is 255 g/mol. The first kappa shape index (κ1) is 13.8. The first-order valence-electron chi connectivity index (χ1n) is 5.18. The summed E-state index contributed by atoms with van der Waals surface area (Å²) < 4.78 is 4.99. The van der Waals surface area contributed by atoms with E-state index in [-0.39, 0.29) is 5.84 Å². The van der Waals surface area contributed by atoms with Gasteiger partial charge in [-0.3, -0.25) is 0 Å². The van der Waals surface area contributed by atoms with Gasteiger partial charge in [-0.2, -0.15) is 0 Å². The van der Waals surface area contributed by atoms with E-state index in [1.807, 2.05) is 19.9 Å². The fourth-order valence-corrected chi connectivity index (χ4v) is 2.55. The van der Waals surface area contributed by atoms with Crippen molar-refractivity contribution < 1.29 is 9.94 Å². The van der Waals surface area contributed by atoms with Crippen molar-refractivity contribution in [3.63, 3.8) is 0 Å². The Morgan fingerprint density at radius 1 is 1.59 bits per heavy atom. The minimum absolute atomic E-state index is 0.0925. The van der Waals surface area contributed by atoms with E-state index in [1.165, 1.54) is 11.8 Å². The number of methoxy groups -OCH3 is 1. The van der Waals surface area contributed by atoms with Gasteiger partial charge in [0.2, 0.25) is 0 Å². The van der Waals surface area contributed by atoms with E-state index in [2.05, 4.69) is 10.1 Å². The quantitative estimate of drug-likeness (QED) is 0.208. The molecule has 0 aliphatic carbocycles. The van der Waals surface area contributed by atoms with Gasteiger partial charge in [0.1, 0.15) is 5.03 Å². The summed E-state index contributed by atoms with van der Waals surface area (Å²) in [6.45, 7) is 4.47. The topological polar surface area (TPSA) is 80.7 Å². The number of hydrogen-bond donors (Lipinski definition) is 2. The maximum absolute atomic E-state index is 8.78. The number of oxime groups is 1. The normalized spacial score (nSPS) is 11.8. The lowest BCUT2D eigenvalue weighted by Gasteiger charge is -2.11. The maximum Gasteiger partial charge on any atom is 0.173 e. The smallest absolute Gasteiger partial charge is 0.173 e. The van der Waals surface area contributed by atoms with Crippen molar-refractivity contribution in [3.8, 4) is 0 Å². The molecule has 0 aromatic carbocycles. The van der Waals surface area contributed by atoms with Gasteiger partial charge in [0, 0.05) is 18.6 Å². The SMILES string of the molecule is COCCSc1nc(C)cc(C)c1C(N)=NO. The highest BCUT2D eigenvalue weighted by atomic mass is 32.2. The Labute approximate surface area is 105 Å². The van der Waals surface area contributed by atoms with Gasteiger partial charge in [0.25, 0.3) is 0 Å². The number of aryl methyl sites for hydroxylation is 2. The number of rotatable bonds is 5. The second-order valence-electron chi connectivity index (χ2n) is 3.59. The summed E-state index contributed by atoms with van der Waals surface area (Å²) in [5.41, 5.74) is 8.22. The molecule has 0 aliphatic heterocycles. The molecule has 1 heterocycles. The second kappa shape index (κ2) is 6.46. The molecule has 17 heavy (non-hydrogen) atoms. The Kier molecular flexibility index (Phi) is 5.24. The largest absolute Gasteiger partial charge is 0.409 e. The highest BCUT2D eigenvalue weighted by molar-refractivity contribution is 7.99. The van der Waals surface area contributed by atoms with Crippen LogP contribution in [0.4, 0.5) is 0 Å². The highest BCUT2D eigenvalue weighted by Gasteiger charge is 2.13. The highest BCUT2D eigenvalue weighted by Crippen LogP contribution is 2.23. The molecule has 0 spiro atoms. The van der Waals surface area contributed by atoms with Crippen LogP contribution in [0.1, 0.15) is 16.8 Å². The van der Waals surface area contributed by atoms with Crippen LogP contribution < -0.4 is 5.73 Å². The van der Waals surface area contributed by atoms with Crippen molar-refractivity contribution in [2.45, 2.75) is 18.9 Å². The lowest BCUT2D eigenvalue weighted by atomic mass is 10.1.